The Morgan fingerprint density at radius 3 is 2.42 bits per heavy atom. The number of nitro groups is 1. The molecule has 3 rings (SSSR count). The zero-order chi connectivity index (χ0) is 17.3. The first-order valence-electron chi connectivity index (χ1n) is 7.22. The van der Waals surface area contributed by atoms with Crippen molar-refractivity contribution in [1.29, 1.82) is 0 Å². The Morgan fingerprint density at radius 2 is 1.83 bits per heavy atom. The summed E-state index contributed by atoms with van der Waals surface area (Å²) in [5.41, 5.74) is 0.657. The van der Waals surface area contributed by atoms with Gasteiger partial charge in [0.1, 0.15) is 12.7 Å². The van der Waals surface area contributed by atoms with E-state index in [1.54, 1.807) is 12.1 Å². The van der Waals surface area contributed by atoms with Crippen LogP contribution in [0.1, 0.15) is 5.56 Å². The fraction of sp³-hybridized carbons (Fsp3) is 0.250. The quantitative estimate of drug-likeness (QED) is 0.451. The molecule has 0 amide bonds. The van der Waals surface area contributed by atoms with Crippen LogP contribution in [0.5, 0.6) is 5.75 Å². The molecule has 0 N–H and O–H groups in total. The fourth-order valence-corrected chi connectivity index (χ4v) is 3.40. The summed E-state index contributed by atoms with van der Waals surface area (Å²) in [6.45, 7) is 2.54. The molecule has 1 heterocycles. The normalized spacial score (nSPS) is 16.6. The van der Waals surface area contributed by atoms with Crippen molar-refractivity contribution in [3.63, 3.8) is 0 Å². The van der Waals surface area contributed by atoms with E-state index in [9.17, 15) is 18.5 Å². The van der Waals surface area contributed by atoms with Crippen molar-refractivity contribution in [3.05, 3.63) is 58.1 Å². The number of ether oxygens (including phenoxy) is 2. The minimum atomic E-state index is -3.78. The van der Waals surface area contributed by atoms with Crippen molar-refractivity contribution in [2.24, 2.45) is 0 Å². The number of benzene rings is 2. The van der Waals surface area contributed by atoms with Gasteiger partial charge in [-0.25, -0.2) is 8.42 Å². The molecule has 1 atom stereocenters. The van der Waals surface area contributed by atoms with Gasteiger partial charge in [0.05, 0.1) is 21.3 Å². The lowest BCUT2D eigenvalue weighted by molar-refractivity contribution is -0.385. The molecule has 1 unspecified atom stereocenters. The van der Waals surface area contributed by atoms with Crippen molar-refractivity contribution in [2.45, 2.75) is 22.8 Å². The molecule has 0 radical (unpaired) electrons. The van der Waals surface area contributed by atoms with Crippen LogP contribution < -0.4 is 4.74 Å². The molecule has 1 aliphatic heterocycles. The molecule has 1 saturated heterocycles. The first-order valence-corrected chi connectivity index (χ1v) is 8.71. The van der Waals surface area contributed by atoms with Crippen LogP contribution in [0.4, 0.5) is 5.69 Å². The molecular weight excluding hydrogens is 334 g/mol. The van der Waals surface area contributed by atoms with E-state index in [4.69, 9.17) is 9.47 Å². The second kappa shape index (κ2) is 6.21. The van der Waals surface area contributed by atoms with Crippen LogP contribution in [0.3, 0.4) is 0 Å². The lowest BCUT2D eigenvalue weighted by Gasteiger charge is -2.09. The molecule has 0 bridgehead atoms. The summed E-state index contributed by atoms with van der Waals surface area (Å²) in [5.74, 6) is -0.0799. The summed E-state index contributed by atoms with van der Waals surface area (Å²) >= 11 is 0. The van der Waals surface area contributed by atoms with Crippen LogP contribution in [-0.4, -0.2) is 32.7 Å². The molecular formula is C16H15NO6S. The lowest BCUT2D eigenvalue weighted by Crippen LogP contribution is -2.08. The zero-order valence-electron chi connectivity index (χ0n) is 12.8. The Balaban J connectivity index is 1.98. The van der Waals surface area contributed by atoms with E-state index in [1.165, 1.54) is 24.3 Å². The molecule has 0 aromatic heterocycles. The minimum Gasteiger partial charge on any atom is -0.484 e. The van der Waals surface area contributed by atoms with Gasteiger partial charge in [0, 0.05) is 12.1 Å². The third-order valence-corrected chi connectivity index (χ3v) is 5.36. The van der Waals surface area contributed by atoms with Crippen LogP contribution in [0, 0.1) is 17.0 Å². The van der Waals surface area contributed by atoms with Crippen molar-refractivity contribution in [3.8, 4) is 5.75 Å². The average molecular weight is 349 g/mol. The number of epoxide rings is 1. The maximum atomic E-state index is 12.7. The van der Waals surface area contributed by atoms with Gasteiger partial charge < -0.3 is 9.47 Å². The van der Waals surface area contributed by atoms with Gasteiger partial charge in [-0.05, 0) is 25.1 Å². The second-order valence-electron chi connectivity index (χ2n) is 5.47. The Bertz CT molecular complexity index is 872. The van der Waals surface area contributed by atoms with Crippen LogP contribution in [0.15, 0.2) is 52.3 Å². The number of hydrogen-bond acceptors (Lipinski definition) is 6. The van der Waals surface area contributed by atoms with E-state index >= 15 is 0 Å². The van der Waals surface area contributed by atoms with E-state index in [-0.39, 0.29) is 33.9 Å². The van der Waals surface area contributed by atoms with Gasteiger partial charge in [-0.3, -0.25) is 10.1 Å². The minimum absolute atomic E-state index is 0.0522. The van der Waals surface area contributed by atoms with Gasteiger partial charge in [-0.15, -0.1) is 0 Å². The third kappa shape index (κ3) is 3.39. The Kier molecular flexibility index (Phi) is 4.25. The molecule has 0 spiro atoms. The average Bonchev–Trinajstić information content (AvgIpc) is 3.37. The van der Waals surface area contributed by atoms with Gasteiger partial charge in [-0.1, -0.05) is 17.7 Å². The second-order valence-corrected chi connectivity index (χ2v) is 7.42. The summed E-state index contributed by atoms with van der Waals surface area (Å²) < 4.78 is 35.7. The van der Waals surface area contributed by atoms with Crippen LogP contribution >= 0.6 is 0 Å². The molecule has 8 heteroatoms. The monoisotopic (exact) mass is 349 g/mol. The van der Waals surface area contributed by atoms with Gasteiger partial charge in [0.15, 0.2) is 5.75 Å². The van der Waals surface area contributed by atoms with Gasteiger partial charge in [-0.2, -0.15) is 0 Å². The highest BCUT2D eigenvalue weighted by molar-refractivity contribution is 7.91. The standard InChI is InChI=1S/C16H15NO6S/c1-11-2-4-13(5-3-11)24(20,21)14-6-7-15(17(18)19)16(8-14)23-10-12-9-22-12/h2-8,12H,9-10H2,1H3. The number of nitrogens with zero attached hydrogens (tertiary/aromatic N) is 1. The van der Waals surface area contributed by atoms with Crippen molar-refractivity contribution in [2.75, 3.05) is 13.2 Å². The first-order chi connectivity index (χ1) is 11.4. The maximum absolute atomic E-state index is 12.7. The molecule has 7 nitrogen and oxygen atoms in total. The Morgan fingerprint density at radius 1 is 1.21 bits per heavy atom. The van der Waals surface area contributed by atoms with E-state index < -0.39 is 14.8 Å². The van der Waals surface area contributed by atoms with E-state index in [1.807, 2.05) is 6.92 Å². The zero-order valence-corrected chi connectivity index (χ0v) is 13.7. The molecule has 0 saturated carbocycles. The molecule has 1 fully saturated rings. The molecule has 24 heavy (non-hydrogen) atoms. The van der Waals surface area contributed by atoms with Crippen molar-refractivity contribution in [1.82, 2.24) is 0 Å². The highest BCUT2D eigenvalue weighted by Crippen LogP contribution is 2.32. The molecule has 126 valence electrons. The summed E-state index contributed by atoms with van der Waals surface area (Å²) in [7, 11) is -3.78. The Hall–Kier alpha value is -2.45. The smallest absolute Gasteiger partial charge is 0.311 e. The number of nitro benzene ring substituents is 1. The maximum Gasteiger partial charge on any atom is 0.311 e. The van der Waals surface area contributed by atoms with E-state index in [0.29, 0.717) is 6.61 Å². The number of hydrogen-bond donors (Lipinski definition) is 0. The summed E-state index contributed by atoms with van der Waals surface area (Å²) in [5, 5.41) is 11.1. The summed E-state index contributed by atoms with van der Waals surface area (Å²) in [6.07, 6.45) is -0.0954. The number of sulfone groups is 1. The molecule has 1 aliphatic rings. The largest absolute Gasteiger partial charge is 0.484 e. The van der Waals surface area contributed by atoms with Crippen LogP contribution in [0.25, 0.3) is 0 Å². The van der Waals surface area contributed by atoms with Crippen molar-refractivity contribution < 1.29 is 22.8 Å². The van der Waals surface area contributed by atoms with Gasteiger partial charge in [0.25, 0.3) is 0 Å². The molecule has 0 aliphatic carbocycles. The van der Waals surface area contributed by atoms with Crippen molar-refractivity contribution >= 4 is 15.5 Å². The predicted molar refractivity (Wildman–Crippen MR) is 85.0 cm³/mol. The first kappa shape index (κ1) is 16.4. The summed E-state index contributed by atoms with van der Waals surface area (Å²) in [4.78, 5) is 10.6. The van der Waals surface area contributed by atoms with Gasteiger partial charge >= 0.3 is 5.69 Å². The van der Waals surface area contributed by atoms with E-state index in [0.717, 1.165) is 11.6 Å². The summed E-state index contributed by atoms with van der Waals surface area (Å²) in [6, 6.07) is 9.95. The highest BCUT2D eigenvalue weighted by Gasteiger charge is 2.27. The highest BCUT2D eigenvalue weighted by atomic mass is 32.2. The SMILES string of the molecule is Cc1ccc(S(=O)(=O)c2ccc([N+](=O)[O-])c(OCC3CO3)c2)cc1. The fourth-order valence-electron chi connectivity index (χ4n) is 2.13. The molecule has 2 aromatic rings. The van der Waals surface area contributed by atoms with Gasteiger partial charge in [0.2, 0.25) is 9.84 Å². The topological polar surface area (TPSA) is 99.0 Å². The Labute approximate surface area is 138 Å². The predicted octanol–water partition coefficient (Wildman–Crippen LogP) is 2.51. The van der Waals surface area contributed by atoms with Crippen LogP contribution in [0.2, 0.25) is 0 Å². The van der Waals surface area contributed by atoms with E-state index in [2.05, 4.69) is 0 Å². The lowest BCUT2D eigenvalue weighted by atomic mass is 10.2. The number of rotatable bonds is 6. The number of aryl methyl sites for hydroxylation is 1. The third-order valence-electron chi connectivity index (χ3n) is 3.60. The van der Waals surface area contributed by atoms with Crippen LogP contribution in [-0.2, 0) is 14.6 Å². The molecule has 2 aromatic carbocycles.